The smallest absolute Gasteiger partial charge is 0.326 e. The number of aryl methyl sites for hydroxylation is 1. The largest absolute Gasteiger partial charge is 0.376 e. The van der Waals surface area contributed by atoms with Gasteiger partial charge >= 0.3 is 5.69 Å². The van der Waals surface area contributed by atoms with Gasteiger partial charge in [0.25, 0.3) is 21.6 Å². The van der Waals surface area contributed by atoms with Crippen LogP contribution in [0, 0.1) is 10.1 Å². The SMILES string of the molecule is CCCCn1c(=O)[nH]c2cc(-c3ccc(C(=O)NS(=O)(=O)c4ccc(N[C@H](CCN(C)C)CSc5ccccc5)c([N+](=O)[O-])c4)cc3)ccc21. The number of nitro groups is 1. The highest BCUT2D eigenvalue weighted by molar-refractivity contribution is 7.99. The maximum Gasteiger partial charge on any atom is 0.326 e. The Balaban J connectivity index is 1.29. The van der Waals surface area contributed by atoms with Crippen LogP contribution >= 0.6 is 11.8 Å². The summed E-state index contributed by atoms with van der Waals surface area (Å²) in [7, 11) is -0.554. The fraction of sp³-hybridized carbons (Fsp3) is 0.278. The second-order valence-corrected chi connectivity index (χ2v) is 14.9. The van der Waals surface area contributed by atoms with Crippen molar-refractivity contribution < 1.29 is 18.1 Å². The number of rotatable bonds is 16. The van der Waals surface area contributed by atoms with Crippen molar-refractivity contribution in [2.75, 3.05) is 31.7 Å². The van der Waals surface area contributed by atoms with Crippen molar-refractivity contribution in [3.8, 4) is 11.1 Å². The van der Waals surface area contributed by atoms with Crippen LogP contribution in [0.2, 0.25) is 0 Å². The summed E-state index contributed by atoms with van der Waals surface area (Å²) >= 11 is 1.62. The average Bonchev–Trinajstić information content (AvgIpc) is 3.42. The molecule has 12 nitrogen and oxygen atoms in total. The van der Waals surface area contributed by atoms with Crippen molar-refractivity contribution in [1.29, 1.82) is 0 Å². The lowest BCUT2D eigenvalue weighted by Gasteiger charge is -2.22. The number of anilines is 1. The van der Waals surface area contributed by atoms with E-state index in [0.29, 0.717) is 24.2 Å². The molecular weight excluding hydrogens is 677 g/mol. The Morgan fingerprint density at radius 3 is 2.40 bits per heavy atom. The topological polar surface area (TPSA) is 159 Å². The number of nitro benzene ring substituents is 1. The molecule has 50 heavy (non-hydrogen) atoms. The van der Waals surface area contributed by atoms with Gasteiger partial charge in [-0.25, -0.2) is 17.9 Å². The third-order valence-electron chi connectivity index (χ3n) is 8.17. The number of nitrogens with zero attached hydrogens (tertiary/aromatic N) is 3. The van der Waals surface area contributed by atoms with Crippen LogP contribution in [-0.2, 0) is 16.6 Å². The Bertz CT molecular complexity index is 2130. The summed E-state index contributed by atoms with van der Waals surface area (Å²) in [4.78, 5) is 42.5. The molecule has 0 fully saturated rings. The standard InChI is InChI=1S/C36H40N6O6S2/c1-4-5-20-41-33-18-15-27(22-32(33)38-36(41)44)25-11-13-26(14-12-25)35(43)39-50(47,48)30-16-17-31(34(23-30)42(45)46)37-28(19-21-40(2)3)24-49-29-9-7-6-8-10-29/h6-18,22-23,28,37H,4-5,19-21,24H2,1-3H3,(H,38,44)(H,39,43)/t28-/m1/s1. The molecule has 0 aliphatic carbocycles. The molecule has 1 amide bonds. The molecule has 0 aliphatic rings. The number of H-pyrrole nitrogens is 1. The Hall–Kier alpha value is -4.92. The van der Waals surface area contributed by atoms with E-state index in [0.717, 1.165) is 47.0 Å². The van der Waals surface area contributed by atoms with Crippen molar-refractivity contribution in [1.82, 2.24) is 19.2 Å². The molecule has 0 spiro atoms. The van der Waals surface area contributed by atoms with E-state index in [-0.39, 0.29) is 23.0 Å². The van der Waals surface area contributed by atoms with E-state index < -0.39 is 31.4 Å². The molecule has 0 radical (unpaired) electrons. The molecule has 4 aromatic carbocycles. The Labute approximate surface area is 295 Å². The second kappa shape index (κ2) is 16.2. The summed E-state index contributed by atoms with van der Waals surface area (Å²) in [5.41, 5.74) is 2.77. The molecule has 5 aromatic rings. The second-order valence-electron chi connectivity index (χ2n) is 12.2. The van der Waals surface area contributed by atoms with Crippen molar-refractivity contribution in [3.63, 3.8) is 0 Å². The summed E-state index contributed by atoms with van der Waals surface area (Å²) < 4.78 is 30.3. The van der Waals surface area contributed by atoms with E-state index in [9.17, 15) is 28.1 Å². The average molecular weight is 717 g/mol. The first-order valence-corrected chi connectivity index (χ1v) is 18.7. The molecule has 1 atom stereocenters. The summed E-state index contributed by atoms with van der Waals surface area (Å²) in [6.45, 7) is 3.43. The third kappa shape index (κ3) is 9.00. The number of sulfonamides is 1. The van der Waals surface area contributed by atoms with Gasteiger partial charge in [-0.05, 0) is 93.1 Å². The molecular formula is C36H40N6O6S2. The lowest BCUT2D eigenvalue weighted by Crippen LogP contribution is -2.31. The molecule has 14 heteroatoms. The summed E-state index contributed by atoms with van der Waals surface area (Å²) in [5.74, 6) is -0.249. The maximum absolute atomic E-state index is 13.3. The van der Waals surface area contributed by atoms with Crippen LogP contribution in [0.5, 0.6) is 0 Å². The molecule has 0 saturated heterocycles. The number of nitrogens with one attached hydrogen (secondary N) is 3. The molecule has 0 bridgehead atoms. The third-order valence-corrected chi connectivity index (χ3v) is 10.7. The van der Waals surface area contributed by atoms with Gasteiger partial charge in [-0.15, -0.1) is 11.8 Å². The summed E-state index contributed by atoms with van der Waals surface area (Å²) in [5, 5.41) is 15.4. The zero-order valence-electron chi connectivity index (χ0n) is 28.1. The molecule has 3 N–H and O–H groups in total. The number of hydrogen-bond donors (Lipinski definition) is 3. The quantitative estimate of drug-likeness (QED) is 0.0601. The van der Waals surface area contributed by atoms with Gasteiger partial charge in [-0.1, -0.05) is 49.7 Å². The fourth-order valence-corrected chi connectivity index (χ4v) is 7.42. The normalized spacial score (nSPS) is 12.2. The number of unbranched alkanes of at least 4 members (excludes halogenated alkanes) is 1. The molecule has 5 rings (SSSR count). The van der Waals surface area contributed by atoms with Crippen molar-refractivity contribution in [2.24, 2.45) is 0 Å². The predicted octanol–water partition coefficient (Wildman–Crippen LogP) is 6.35. The lowest BCUT2D eigenvalue weighted by atomic mass is 10.0. The highest BCUT2D eigenvalue weighted by Gasteiger charge is 2.25. The van der Waals surface area contributed by atoms with Crippen molar-refractivity contribution in [2.45, 2.75) is 48.6 Å². The zero-order valence-corrected chi connectivity index (χ0v) is 29.7. The minimum Gasteiger partial charge on any atom is -0.376 e. The first-order valence-electron chi connectivity index (χ1n) is 16.2. The van der Waals surface area contributed by atoms with E-state index in [1.54, 1.807) is 28.5 Å². The molecule has 0 saturated carbocycles. The van der Waals surface area contributed by atoms with Gasteiger partial charge in [-0.3, -0.25) is 19.5 Å². The number of fused-ring (bicyclic) bond motifs is 1. The van der Waals surface area contributed by atoms with Crippen LogP contribution < -0.4 is 15.7 Å². The van der Waals surface area contributed by atoms with Crippen LogP contribution in [0.1, 0.15) is 36.5 Å². The van der Waals surface area contributed by atoms with Gasteiger partial charge in [-0.2, -0.15) is 0 Å². The molecule has 1 heterocycles. The van der Waals surface area contributed by atoms with E-state index in [2.05, 4.69) is 17.2 Å². The van der Waals surface area contributed by atoms with Crippen LogP contribution in [-0.4, -0.2) is 66.1 Å². The number of carbonyl (C=O) groups is 1. The zero-order chi connectivity index (χ0) is 35.8. The fourth-order valence-electron chi connectivity index (χ4n) is 5.43. The van der Waals surface area contributed by atoms with Gasteiger partial charge in [0.2, 0.25) is 0 Å². The minimum atomic E-state index is -4.45. The number of hydrogen-bond acceptors (Lipinski definition) is 9. The lowest BCUT2D eigenvalue weighted by molar-refractivity contribution is -0.384. The number of amides is 1. The van der Waals surface area contributed by atoms with E-state index in [4.69, 9.17) is 0 Å². The van der Waals surface area contributed by atoms with Crippen LogP contribution in [0.15, 0.2) is 106 Å². The number of carbonyl (C=O) groups excluding carboxylic acids is 1. The number of aromatic nitrogens is 2. The van der Waals surface area contributed by atoms with Crippen LogP contribution in [0.3, 0.4) is 0 Å². The molecule has 0 aliphatic heterocycles. The first-order chi connectivity index (χ1) is 23.9. The Kier molecular flexibility index (Phi) is 11.8. The first kappa shape index (κ1) is 36.4. The highest BCUT2D eigenvalue weighted by atomic mass is 32.2. The molecule has 1 aromatic heterocycles. The van der Waals surface area contributed by atoms with Gasteiger partial charge in [0.1, 0.15) is 5.69 Å². The van der Waals surface area contributed by atoms with E-state index in [1.165, 1.54) is 24.3 Å². The van der Waals surface area contributed by atoms with E-state index in [1.807, 2.05) is 72.2 Å². The number of thioether (sulfide) groups is 1. The van der Waals surface area contributed by atoms with Crippen LogP contribution in [0.25, 0.3) is 22.2 Å². The summed E-state index contributed by atoms with van der Waals surface area (Å²) in [6, 6.07) is 25.2. The molecule has 262 valence electrons. The van der Waals surface area contributed by atoms with Gasteiger partial charge in [0.15, 0.2) is 0 Å². The Morgan fingerprint density at radius 1 is 1.00 bits per heavy atom. The van der Waals surface area contributed by atoms with Crippen molar-refractivity contribution >= 4 is 50.1 Å². The number of imidazole rings is 1. The van der Waals surface area contributed by atoms with Gasteiger partial charge < -0.3 is 15.2 Å². The van der Waals surface area contributed by atoms with E-state index >= 15 is 0 Å². The van der Waals surface area contributed by atoms with Crippen molar-refractivity contribution in [3.05, 3.63) is 117 Å². The van der Waals surface area contributed by atoms with Crippen LogP contribution in [0.4, 0.5) is 11.4 Å². The predicted molar refractivity (Wildman–Crippen MR) is 198 cm³/mol. The Morgan fingerprint density at radius 2 is 1.72 bits per heavy atom. The number of aromatic amines is 1. The summed E-state index contributed by atoms with van der Waals surface area (Å²) in [6.07, 6.45) is 2.55. The van der Waals surface area contributed by atoms with Gasteiger partial charge in [0, 0.05) is 34.9 Å². The highest BCUT2D eigenvalue weighted by Crippen LogP contribution is 2.30. The minimum absolute atomic E-state index is 0.0879. The molecule has 0 unspecified atom stereocenters. The maximum atomic E-state index is 13.3. The monoisotopic (exact) mass is 716 g/mol. The number of benzene rings is 4. The van der Waals surface area contributed by atoms with Gasteiger partial charge in [0.05, 0.1) is 20.9 Å².